The van der Waals surface area contributed by atoms with Gasteiger partial charge in [0.2, 0.25) is 0 Å². The van der Waals surface area contributed by atoms with E-state index in [1.54, 1.807) is 16.9 Å². The van der Waals surface area contributed by atoms with Crippen LogP contribution in [-0.4, -0.2) is 33.7 Å². The maximum Gasteiger partial charge on any atom is 0.328 e. The topological polar surface area (TPSA) is 68.5 Å². The van der Waals surface area contributed by atoms with Gasteiger partial charge in [-0.25, -0.2) is 14.3 Å². The zero-order chi connectivity index (χ0) is 14.7. The van der Waals surface area contributed by atoms with Gasteiger partial charge in [0.15, 0.2) is 5.82 Å². The number of nitrogens with one attached hydrogen (secondary N) is 1. The van der Waals surface area contributed by atoms with Crippen molar-refractivity contribution in [2.45, 2.75) is 33.2 Å². The minimum Gasteiger partial charge on any atom is -0.467 e. The van der Waals surface area contributed by atoms with Crippen molar-refractivity contribution in [1.82, 2.24) is 14.6 Å². The number of hydrogen-bond donors (Lipinski definition) is 1. The average molecular weight is 276 g/mol. The van der Waals surface area contributed by atoms with Gasteiger partial charge in [-0.15, -0.1) is 0 Å². The Bertz CT molecular complexity index is 606. The van der Waals surface area contributed by atoms with E-state index in [2.05, 4.69) is 29.2 Å². The lowest BCUT2D eigenvalue weighted by molar-refractivity contribution is -0.141. The van der Waals surface area contributed by atoms with Crippen LogP contribution in [0.3, 0.4) is 0 Å². The van der Waals surface area contributed by atoms with E-state index in [0.29, 0.717) is 18.2 Å². The summed E-state index contributed by atoms with van der Waals surface area (Å²) in [5.74, 6) is 0.737. The summed E-state index contributed by atoms with van der Waals surface area (Å²) in [7, 11) is 1.40. The highest BCUT2D eigenvalue weighted by atomic mass is 16.5. The second-order valence-corrected chi connectivity index (χ2v) is 5.24. The number of carbonyl (C=O) groups is 1. The molecule has 0 aliphatic rings. The number of hydrogen-bond acceptors (Lipinski definition) is 5. The molecule has 0 radical (unpaired) electrons. The average Bonchev–Trinajstić information content (AvgIpc) is 2.78. The minimum atomic E-state index is -0.408. The van der Waals surface area contributed by atoms with E-state index in [1.165, 1.54) is 7.11 Å². The zero-order valence-electron chi connectivity index (χ0n) is 12.3. The fraction of sp³-hybridized carbons (Fsp3) is 0.500. The molecule has 0 fully saturated rings. The first kappa shape index (κ1) is 14.3. The first-order valence-electron chi connectivity index (χ1n) is 6.66. The van der Waals surface area contributed by atoms with Gasteiger partial charge in [0.05, 0.1) is 12.8 Å². The number of esters is 1. The summed E-state index contributed by atoms with van der Waals surface area (Å²) in [5.41, 5.74) is 1.75. The van der Waals surface area contributed by atoms with E-state index < -0.39 is 6.04 Å². The molecule has 0 bridgehead atoms. The summed E-state index contributed by atoms with van der Waals surface area (Å²) in [6, 6.07) is 1.52. The largest absolute Gasteiger partial charge is 0.467 e. The molecule has 1 N–H and O–H groups in total. The molecule has 0 aliphatic heterocycles. The van der Waals surface area contributed by atoms with Crippen molar-refractivity contribution >= 4 is 17.3 Å². The van der Waals surface area contributed by atoms with Crippen molar-refractivity contribution in [1.29, 1.82) is 0 Å². The molecule has 0 aliphatic carbocycles. The van der Waals surface area contributed by atoms with Crippen LogP contribution in [0.4, 0.5) is 5.82 Å². The number of rotatable bonds is 5. The van der Waals surface area contributed by atoms with Gasteiger partial charge in [-0.1, -0.05) is 13.8 Å². The third-order valence-electron chi connectivity index (χ3n) is 3.02. The molecule has 1 unspecified atom stereocenters. The molecule has 0 saturated carbocycles. The van der Waals surface area contributed by atoms with Crippen LogP contribution in [0.2, 0.25) is 0 Å². The summed E-state index contributed by atoms with van der Waals surface area (Å²) in [5, 5.41) is 7.50. The maximum atomic E-state index is 11.9. The Morgan fingerprint density at radius 2 is 2.25 bits per heavy atom. The van der Waals surface area contributed by atoms with E-state index in [0.717, 1.165) is 11.2 Å². The summed E-state index contributed by atoms with van der Waals surface area (Å²) in [6.45, 7) is 6.05. The highest BCUT2D eigenvalue weighted by molar-refractivity contribution is 5.81. The number of nitrogens with zero attached hydrogens (tertiary/aromatic N) is 3. The minimum absolute atomic E-state index is 0.279. The maximum absolute atomic E-state index is 11.9. The van der Waals surface area contributed by atoms with Crippen LogP contribution in [0.15, 0.2) is 18.5 Å². The van der Waals surface area contributed by atoms with Crippen molar-refractivity contribution in [3.63, 3.8) is 0 Å². The third-order valence-corrected chi connectivity index (χ3v) is 3.02. The molecule has 2 heterocycles. The molecule has 0 aromatic carbocycles. The van der Waals surface area contributed by atoms with Crippen molar-refractivity contribution in [3.05, 3.63) is 24.2 Å². The Labute approximate surface area is 118 Å². The van der Waals surface area contributed by atoms with Crippen LogP contribution in [0.5, 0.6) is 0 Å². The van der Waals surface area contributed by atoms with Gasteiger partial charge in [0.1, 0.15) is 11.6 Å². The normalized spacial score (nSPS) is 12.7. The Morgan fingerprint density at radius 1 is 1.50 bits per heavy atom. The summed E-state index contributed by atoms with van der Waals surface area (Å²) >= 11 is 0. The number of fused-ring (bicyclic) bond motifs is 1. The molecule has 1 atom stereocenters. The summed E-state index contributed by atoms with van der Waals surface area (Å²) in [6.07, 6.45) is 4.12. The lowest BCUT2D eigenvalue weighted by atomic mass is 10.0. The Morgan fingerprint density at radius 3 is 2.90 bits per heavy atom. The van der Waals surface area contributed by atoms with Gasteiger partial charge in [-0.2, -0.15) is 5.10 Å². The first-order valence-corrected chi connectivity index (χ1v) is 6.66. The number of aromatic nitrogens is 3. The standard InChI is InChI=1S/C14H20N4O2/c1-9(2)7-11(14(19)20-4)16-13-12-8-10(3)17-18(12)6-5-15-13/h5-6,8-9,11H,7H2,1-4H3,(H,15,16). The molecule has 20 heavy (non-hydrogen) atoms. The summed E-state index contributed by atoms with van der Waals surface area (Å²) in [4.78, 5) is 16.2. The van der Waals surface area contributed by atoms with Gasteiger partial charge >= 0.3 is 5.97 Å². The highest BCUT2D eigenvalue weighted by Crippen LogP contribution is 2.18. The van der Waals surface area contributed by atoms with E-state index >= 15 is 0 Å². The third kappa shape index (κ3) is 3.07. The molecule has 2 aromatic heterocycles. The van der Waals surface area contributed by atoms with Crippen LogP contribution >= 0.6 is 0 Å². The predicted molar refractivity (Wildman–Crippen MR) is 76.6 cm³/mol. The Hall–Kier alpha value is -2.11. The van der Waals surface area contributed by atoms with E-state index in [9.17, 15) is 4.79 Å². The van der Waals surface area contributed by atoms with Crippen molar-refractivity contribution in [2.24, 2.45) is 5.92 Å². The van der Waals surface area contributed by atoms with Crippen LogP contribution in [-0.2, 0) is 9.53 Å². The molecule has 0 saturated heterocycles. The predicted octanol–water partition coefficient (Wildman–Crippen LogP) is 2.04. The van der Waals surface area contributed by atoms with Gasteiger partial charge in [-0.05, 0) is 25.3 Å². The summed E-state index contributed by atoms with van der Waals surface area (Å²) < 4.78 is 6.60. The number of ether oxygens (including phenoxy) is 1. The fourth-order valence-corrected chi connectivity index (χ4v) is 2.15. The van der Waals surface area contributed by atoms with Crippen LogP contribution < -0.4 is 5.32 Å². The van der Waals surface area contributed by atoms with Gasteiger partial charge in [0.25, 0.3) is 0 Å². The molecule has 6 nitrogen and oxygen atoms in total. The lowest BCUT2D eigenvalue weighted by Gasteiger charge is -2.19. The second kappa shape index (κ2) is 5.90. The smallest absolute Gasteiger partial charge is 0.328 e. The fourth-order valence-electron chi connectivity index (χ4n) is 2.15. The molecule has 0 spiro atoms. The Balaban J connectivity index is 2.30. The number of anilines is 1. The van der Waals surface area contributed by atoms with E-state index in [1.807, 2.05) is 13.0 Å². The van der Waals surface area contributed by atoms with Gasteiger partial charge in [0, 0.05) is 12.4 Å². The number of methoxy groups -OCH3 is 1. The number of aryl methyl sites for hydroxylation is 1. The van der Waals surface area contributed by atoms with E-state index in [4.69, 9.17) is 4.74 Å². The number of carbonyl (C=O) groups excluding carboxylic acids is 1. The molecule has 6 heteroatoms. The molecule has 2 aromatic rings. The monoisotopic (exact) mass is 276 g/mol. The first-order chi connectivity index (χ1) is 9.51. The van der Waals surface area contributed by atoms with Crippen LogP contribution in [0.1, 0.15) is 26.0 Å². The second-order valence-electron chi connectivity index (χ2n) is 5.24. The molecular weight excluding hydrogens is 256 g/mol. The van der Waals surface area contributed by atoms with Gasteiger partial charge in [-0.3, -0.25) is 0 Å². The SMILES string of the molecule is COC(=O)C(CC(C)C)Nc1nccn2nc(C)cc12. The molecule has 2 rings (SSSR count). The molecule has 108 valence electrons. The van der Waals surface area contributed by atoms with Crippen molar-refractivity contribution < 1.29 is 9.53 Å². The Kier molecular flexibility index (Phi) is 4.22. The van der Waals surface area contributed by atoms with Crippen molar-refractivity contribution in [2.75, 3.05) is 12.4 Å². The van der Waals surface area contributed by atoms with Crippen LogP contribution in [0.25, 0.3) is 5.52 Å². The quantitative estimate of drug-likeness (QED) is 0.846. The molecule has 0 amide bonds. The van der Waals surface area contributed by atoms with E-state index in [-0.39, 0.29) is 5.97 Å². The molecular formula is C14H20N4O2. The van der Waals surface area contributed by atoms with Crippen LogP contribution in [0, 0.1) is 12.8 Å². The zero-order valence-corrected chi connectivity index (χ0v) is 12.3. The van der Waals surface area contributed by atoms with Crippen molar-refractivity contribution in [3.8, 4) is 0 Å². The lowest BCUT2D eigenvalue weighted by Crippen LogP contribution is -2.32. The highest BCUT2D eigenvalue weighted by Gasteiger charge is 2.21. The van der Waals surface area contributed by atoms with Gasteiger partial charge < -0.3 is 10.1 Å².